The molecule has 7 nitrogen and oxygen atoms in total. The molecular weight excluding hydrogens is 363 g/mol. The zero-order valence-electron chi connectivity index (χ0n) is 14.6. The van der Waals surface area contributed by atoms with Gasteiger partial charge in [0.05, 0.1) is 7.11 Å². The topological polar surface area (TPSA) is 72.6 Å². The Morgan fingerprint density at radius 3 is 2.52 bits per heavy atom. The highest BCUT2D eigenvalue weighted by Crippen LogP contribution is 2.21. The van der Waals surface area contributed by atoms with Crippen molar-refractivity contribution >= 4 is 11.7 Å². The fraction of sp³-hybridized carbons (Fsp3) is 0.294. The van der Waals surface area contributed by atoms with Crippen molar-refractivity contribution in [2.75, 3.05) is 13.7 Å². The van der Waals surface area contributed by atoms with Crippen LogP contribution >= 0.6 is 0 Å². The van der Waals surface area contributed by atoms with E-state index in [2.05, 4.69) is 15.1 Å². The first-order chi connectivity index (χ1) is 12.8. The van der Waals surface area contributed by atoms with Crippen LogP contribution < -0.4 is 4.74 Å². The van der Waals surface area contributed by atoms with Gasteiger partial charge in [-0.1, -0.05) is 12.1 Å². The van der Waals surface area contributed by atoms with Crippen molar-refractivity contribution in [3.05, 3.63) is 53.6 Å². The summed E-state index contributed by atoms with van der Waals surface area (Å²) in [4.78, 5) is 21.2. The van der Waals surface area contributed by atoms with Gasteiger partial charge in [-0.15, -0.1) is 5.10 Å². The molecule has 0 aliphatic rings. The molecule has 0 N–H and O–H groups in total. The van der Waals surface area contributed by atoms with Crippen molar-refractivity contribution in [1.82, 2.24) is 24.5 Å². The number of carbonyl (C=O) groups is 1. The fourth-order valence-electron chi connectivity index (χ4n) is 2.51. The van der Waals surface area contributed by atoms with Gasteiger partial charge in [0.15, 0.2) is 0 Å². The van der Waals surface area contributed by atoms with E-state index in [0.29, 0.717) is 21.9 Å². The predicted octanol–water partition coefficient (Wildman–Crippen LogP) is 2.65. The van der Waals surface area contributed by atoms with E-state index in [1.165, 1.54) is 17.8 Å². The Labute approximate surface area is 152 Å². The molecule has 10 heteroatoms. The Balaban J connectivity index is 1.90. The summed E-state index contributed by atoms with van der Waals surface area (Å²) >= 11 is 0. The molecule has 1 amide bonds. The highest BCUT2D eigenvalue weighted by atomic mass is 19.4. The number of hydrogen-bond donors (Lipinski definition) is 0. The number of ether oxygens (including phenoxy) is 1. The van der Waals surface area contributed by atoms with Crippen molar-refractivity contribution in [2.45, 2.75) is 19.6 Å². The second-order valence-corrected chi connectivity index (χ2v) is 5.86. The van der Waals surface area contributed by atoms with Crippen molar-refractivity contribution in [2.24, 2.45) is 0 Å². The number of alkyl halides is 3. The summed E-state index contributed by atoms with van der Waals surface area (Å²) in [5.74, 6) is -0.548. The van der Waals surface area contributed by atoms with Crippen molar-refractivity contribution in [3.63, 3.8) is 0 Å². The van der Waals surface area contributed by atoms with E-state index in [-0.39, 0.29) is 18.1 Å². The summed E-state index contributed by atoms with van der Waals surface area (Å²) in [6.07, 6.45) is -3.08. The summed E-state index contributed by atoms with van der Waals surface area (Å²) in [6, 6.07) is 8.07. The van der Waals surface area contributed by atoms with Gasteiger partial charge < -0.3 is 9.64 Å². The van der Waals surface area contributed by atoms with Crippen LogP contribution in [0.25, 0.3) is 5.78 Å². The van der Waals surface area contributed by atoms with Crippen LogP contribution in [0.15, 0.2) is 36.5 Å². The summed E-state index contributed by atoms with van der Waals surface area (Å²) in [6.45, 7) is 0.0621. The number of halogens is 3. The second kappa shape index (κ2) is 7.22. The molecule has 0 saturated carbocycles. The minimum absolute atomic E-state index is 0.148. The first kappa shape index (κ1) is 18.6. The smallest absolute Gasteiger partial charge is 0.406 e. The van der Waals surface area contributed by atoms with Gasteiger partial charge in [0.1, 0.15) is 12.3 Å². The standard InChI is InChI=1S/C17H16F3N5O2/c1-11-7-8-21-16-22-14(23-25(11)16)15(26)24(10-17(18,19)20)9-12-3-5-13(27-2)6-4-12/h3-8H,9-10H2,1-2H3. The van der Waals surface area contributed by atoms with Crippen LogP contribution in [-0.4, -0.2) is 50.2 Å². The fourth-order valence-corrected chi connectivity index (χ4v) is 2.51. The number of carbonyl (C=O) groups excluding carboxylic acids is 1. The molecule has 3 aromatic rings. The van der Waals surface area contributed by atoms with Gasteiger partial charge in [-0.25, -0.2) is 9.50 Å². The Morgan fingerprint density at radius 2 is 1.93 bits per heavy atom. The molecule has 0 fully saturated rings. The van der Waals surface area contributed by atoms with Crippen LogP contribution in [0, 0.1) is 6.92 Å². The molecule has 0 saturated heterocycles. The lowest BCUT2D eigenvalue weighted by molar-refractivity contribution is -0.141. The molecule has 3 rings (SSSR count). The number of fused-ring (bicyclic) bond motifs is 1. The van der Waals surface area contributed by atoms with E-state index < -0.39 is 18.6 Å². The number of methoxy groups -OCH3 is 1. The van der Waals surface area contributed by atoms with Crippen LogP contribution in [-0.2, 0) is 6.54 Å². The molecule has 0 atom stereocenters. The summed E-state index contributed by atoms with van der Waals surface area (Å²) < 4.78 is 45.3. The molecule has 0 spiro atoms. The van der Waals surface area contributed by atoms with Crippen molar-refractivity contribution in [3.8, 4) is 5.75 Å². The normalized spacial score (nSPS) is 11.6. The molecule has 0 radical (unpaired) electrons. The van der Waals surface area contributed by atoms with Gasteiger partial charge in [0.2, 0.25) is 5.82 Å². The third-order valence-electron chi connectivity index (χ3n) is 3.81. The van der Waals surface area contributed by atoms with Gasteiger partial charge >= 0.3 is 6.18 Å². The number of aryl methyl sites for hydroxylation is 1. The van der Waals surface area contributed by atoms with Crippen LogP contribution in [0.1, 0.15) is 21.9 Å². The third kappa shape index (κ3) is 4.33. The number of rotatable bonds is 5. The maximum atomic E-state index is 13.0. The summed E-state index contributed by atoms with van der Waals surface area (Å²) in [7, 11) is 1.49. The Kier molecular flexibility index (Phi) is 4.98. The molecule has 0 aliphatic carbocycles. The van der Waals surface area contributed by atoms with E-state index in [9.17, 15) is 18.0 Å². The molecule has 0 bridgehead atoms. The molecule has 142 valence electrons. The van der Waals surface area contributed by atoms with E-state index in [4.69, 9.17) is 4.74 Å². The van der Waals surface area contributed by atoms with E-state index in [0.717, 1.165) is 0 Å². The average Bonchev–Trinajstić information content (AvgIpc) is 3.06. The minimum atomic E-state index is -4.56. The molecule has 0 aliphatic heterocycles. The molecule has 27 heavy (non-hydrogen) atoms. The van der Waals surface area contributed by atoms with Gasteiger partial charge in [-0.05, 0) is 30.7 Å². The molecule has 2 heterocycles. The monoisotopic (exact) mass is 379 g/mol. The molecule has 1 aromatic carbocycles. The SMILES string of the molecule is COc1ccc(CN(CC(F)(F)F)C(=O)c2nc3nccc(C)n3n2)cc1. The maximum absolute atomic E-state index is 13.0. The molecular formula is C17H16F3N5O2. The van der Waals surface area contributed by atoms with Gasteiger partial charge in [0, 0.05) is 18.4 Å². The molecule has 2 aromatic heterocycles. The van der Waals surface area contributed by atoms with Crippen LogP contribution in [0.2, 0.25) is 0 Å². The largest absolute Gasteiger partial charge is 0.497 e. The predicted molar refractivity (Wildman–Crippen MR) is 89.3 cm³/mol. The lowest BCUT2D eigenvalue weighted by Gasteiger charge is -2.22. The Hall–Kier alpha value is -3.17. The van der Waals surface area contributed by atoms with Crippen LogP contribution in [0.3, 0.4) is 0 Å². The van der Waals surface area contributed by atoms with Gasteiger partial charge in [-0.2, -0.15) is 18.2 Å². The minimum Gasteiger partial charge on any atom is -0.497 e. The quantitative estimate of drug-likeness (QED) is 0.682. The zero-order chi connectivity index (χ0) is 19.6. The van der Waals surface area contributed by atoms with Crippen LogP contribution in [0.5, 0.6) is 5.75 Å². The average molecular weight is 379 g/mol. The Morgan fingerprint density at radius 1 is 1.22 bits per heavy atom. The van der Waals surface area contributed by atoms with E-state index >= 15 is 0 Å². The molecule has 0 unspecified atom stereocenters. The highest BCUT2D eigenvalue weighted by molar-refractivity contribution is 5.90. The third-order valence-corrected chi connectivity index (χ3v) is 3.81. The van der Waals surface area contributed by atoms with E-state index in [1.54, 1.807) is 37.3 Å². The zero-order valence-corrected chi connectivity index (χ0v) is 14.6. The van der Waals surface area contributed by atoms with Gasteiger partial charge in [0.25, 0.3) is 11.7 Å². The lowest BCUT2D eigenvalue weighted by Crippen LogP contribution is -2.39. The van der Waals surface area contributed by atoms with Crippen molar-refractivity contribution < 1.29 is 22.7 Å². The van der Waals surface area contributed by atoms with Gasteiger partial charge in [-0.3, -0.25) is 4.79 Å². The van der Waals surface area contributed by atoms with Crippen LogP contribution in [0.4, 0.5) is 13.2 Å². The maximum Gasteiger partial charge on any atom is 0.406 e. The number of aromatic nitrogens is 4. The first-order valence-electron chi connectivity index (χ1n) is 7.94. The number of amides is 1. The number of hydrogen-bond acceptors (Lipinski definition) is 5. The number of benzene rings is 1. The summed E-state index contributed by atoms with van der Waals surface area (Å²) in [5, 5.41) is 4.00. The lowest BCUT2D eigenvalue weighted by atomic mass is 10.2. The highest BCUT2D eigenvalue weighted by Gasteiger charge is 2.34. The second-order valence-electron chi connectivity index (χ2n) is 5.86. The Bertz CT molecular complexity index is 953. The summed E-state index contributed by atoms with van der Waals surface area (Å²) in [5.41, 5.74) is 1.18. The number of nitrogens with zero attached hydrogens (tertiary/aromatic N) is 5. The first-order valence-corrected chi connectivity index (χ1v) is 7.94. The van der Waals surface area contributed by atoms with E-state index in [1.807, 2.05) is 0 Å². The van der Waals surface area contributed by atoms with Crippen molar-refractivity contribution in [1.29, 1.82) is 0 Å².